The molecule has 2 rings (SSSR count). The summed E-state index contributed by atoms with van der Waals surface area (Å²) < 4.78 is 1.74. The molecule has 2 aromatic rings. The molecule has 0 bridgehead atoms. The first-order valence-electron chi connectivity index (χ1n) is 5.73. The number of hydrogen-bond donors (Lipinski definition) is 2. The standard InChI is InChI=1S/C13H16N4O/c1-17-8-12(16-9-17)13(18)15-7-11-4-2-10(6-14)3-5-11/h2-5,8-9H,6-7,14H2,1H3,(H,15,18). The molecule has 0 radical (unpaired) electrons. The maximum Gasteiger partial charge on any atom is 0.271 e. The first kappa shape index (κ1) is 12.3. The van der Waals surface area contributed by atoms with Crippen LogP contribution in [0.2, 0.25) is 0 Å². The molecular formula is C13H16N4O. The van der Waals surface area contributed by atoms with Crippen LogP contribution >= 0.6 is 0 Å². The van der Waals surface area contributed by atoms with Crippen molar-refractivity contribution < 1.29 is 4.79 Å². The molecular weight excluding hydrogens is 228 g/mol. The van der Waals surface area contributed by atoms with E-state index in [2.05, 4.69) is 10.3 Å². The minimum Gasteiger partial charge on any atom is -0.347 e. The van der Waals surface area contributed by atoms with E-state index in [1.54, 1.807) is 17.1 Å². The van der Waals surface area contributed by atoms with Crippen LogP contribution in [0.15, 0.2) is 36.8 Å². The van der Waals surface area contributed by atoms with Crippen LogP contribution in [0.25, 0.3) is 0 Å². The van der Waals surface area contributed by atoms with Crippen molar-refractivity contribution in [1.82, 2.24) is 14.9 Å². The van der Waals surface area contributed by atoms with E-state index in [-0.39, 0.29) is 5.91 Å². The van der Waals surface area contributed by atoms with E-state index in [9.17, 15) is 4.79 Å². The van der Waals surface area contributed by atoms with Crippen molar-refractivity contribution in [1.29, 1.82) is 0 Å². The van der Waals surface area contributed by atoms with Crippen LogP contribution in [0.4, 0.5) is 0 Å². The fourth-order valence-corrected chi connectivity index (χ4v) is 1.60. The molecule has 3 N–H and O–H groups in total. The first-order chi connectivity index (χ1) is 8.69. The van der Waals surface area contributed by atoms with Crippen LogP contribution in [0, 0.1) is 0 Å². The third-order valence-electron chi connectivity index (χ3n) is 2.65. The van der Waals surface area contributed by atoms with Crippen molar-refractivity contribution in [3.8, 4) is 0 Å². The molecule has 0 unspecified atom stereocenters. The maximum absolute atomic E-state index is 11.7. The van der Waals surface area contributed by atoms with Crippen molar-refractivity contribution in [3.05, 3.63) is 53.6 Å². The third-order valence-corrected chi connectivity index (χ3v) is 2.65. The van der Waals surface area contributed by atoms with Gasteiger partial charge in [-0.1, -0.05) is 24.3 Å². The van der Waals surface area contributed by atoms with Gasteiger partial charge in [-0.2, -0.15) is 0 Å². The number of amides is 1. The average Bonchev–Trinajstić information content (AvgIpc) is 2.83. The molecule has 0 saturated heterocycles. The highest BCUT2D eigenvalue weighted by Gasteiger charge is 2.07. The molecule has 0 aliphatic carbocycles. The Kier molecular flexibility index (Phi) is 3.74. The molecule has 0 saturated carbocycles. The second-order valence-corrected chi connectivity index (χ2v) is 4.13. The maximum atomic E-state index is 11.7. The number of nitrogens with zero attached hydrogens (tertiary/aromatic N) is 2. The Morgan fingerprint density at radius 2 is 2.00 bits per heavy atom. The molecule has 1 heterocycles. The second kappa shape index (κ2) is 5.46. The van der Waals surface area contributed by atoms with Gasteiger partial charge in [0.1, 0.15) is 5.69 Å². The van der Waals surface area contributed by atoms with Gasteiger partial charge in [0, 0.05) is 26.3 Å². The number of aromatic nitrogens is 2. The van der Waals surface area contributed by atoms with Crippen LogP contribution in [0.3, 0.4) is 0 Å². The number of carbonyl (C=O) groups excluding carboxylic acids is 1. The van der Waals surface area contributed by atoms with Crippen molar-refractivity contribution in [2.75, 3.05) is 0 Å². The predicted octanol–water partition coefficient (Wildman–Crippen LogP) is 0.809. The minimum absolute atomic E-state index is 0.168. The Bertz CT molecular complexity index is 530. The number of rotatable bonds is 4. The summed E-state index contributed by atoms with van der Waals surface area (Å²) >= 11 is 0. The lowest BCUT2D eigenvalue weighted by atomic mass is 10.1. The highest BCUT2D eigenvalue weighted by atomic mass is 16.1. The predicted molar refractivity (Wildman–Crippen MR) is 68.7 cm³/mol. The van der Waals surface area contributed by atoms with Gasteiger partial charge in [-0.05, 0) is 11.1 Å². The van der Waals surface area contributed by atoms with Crippen LogP contribution in [-0.2, 0) is 20.1 Å². The smallest absolute Gasteiger partial charge is 0.271 e. The van der Waals surface area contributed by atoms with Crippen LogP contribution in [0.1, 0.15) is 21.6 Å². The van der Waals surface area contributed by atoms with Crippen molar-refractivity contribution >= 4 is 5.91 Å². The Hall–Kier alpha value is -2.14. The van der Waals surface area contributed by atoms with Gasteiger partial charge in [-0.15, -0.1) is 0 Å². The molecule has 0 aliphatic rings. The van der Waals surface area contributed by atoms with Gasteiger partial charge in [0.15, 0.2) is 0 Å². The zero-order valence-electron chi connectivity index (χ0n) is 10.3. The molecule has 1 aromatic carbocycles. The van der Waals surface area contributed by atoms with Crippen LogP contribution < -0.4 is 11.1 Å². The fraction of sp³-hybridized carbons (Fsp3) is 0.231. The Morgan fingerprint density at radius 1 is 1.33 bits per heavy atom. The summed E-state index contributed by atoms with van der Waals surface area (Å²) in [5.74, 6) is -0.168. The number of nitrogens with two attached hydrogens (primary N) is 1. The lowest BCUT2D eigenvalue weighted by Gasteiger charge is -2.04. The summed E-state index contributed by atoms with van der Waals surface area (Å²) in [6.45, 7) is 1.01. The van der Waals surface area contributed by atoms with E-state index in [1.807, 2.05) is 31.3 Å². The molecule has 1 amide bonds. The van der Waals surface area contributed by atoms with Crippen LogP contribution in [-0.4, -0.2) is 15.5 Å². The summed E-state index contributed by atoms with van der Waals surface area (Å²) in [4.78, 5) is 15.7. The highest BCUT2D eigenvalue weighted by molar-refractivity contribution is 5.91. The number of aryl methyl sites for hydroxylation is 1. The van der Waals surface area contributed by atoms with Crippen LogP contribution in [0.5, 0.6) is 0 Å². The number of hydrogen-bond acceptors (Lipinski definition) is 3. The van der Waals surface area contributed by atoms with Gasteiger partial charge < -0.3 is 15.6 Å². The zero-order chi connectivity index (χ0) is 13.0. The molecule has 94 valence electrons. The van der Waals surface area contributed by atoms with Crippen molar-refractivity contribution in [2.45, 2.75) is 13.1 Å². The highest BCUT2D eigenvalue weighted by Crippen LogP contribution is 2.04. The Balaban J connectivity index is 1.92. The topological polar surface area (TPSA) is 72.9 Å². The number of nitrogens with one attached hydrogen (secondary N) is 1. The van der Waals surface area contributed by atoms with Gasteiger partial charge in [0.25, 0.3) is 5.91 Å². The first-order valence-corrected chi connectivity index (χ1v) is 5.73. The quantitative estimate of drug-likeness (QED) is 0.836. The minimum atomic E-state index is -0.168. The lowest BCUT2D eigenvalue weighted by molar-refractivity contribution is 0.0946. The van der Waals surface area contributed by atoms with E-state index in [0.29, 0.717) is 18.8 Å². The van der Waals surface area contributed by atoms with Gasteiger partial charge in [-0.3, -0.25) is 4.79 Å². The monoisotopic (exact) mass is 244 g/mol. The van der Waals surface area contributed by atoms with E-state index < -0.39 is 0 Å². The van der Waals surface area contributed by atoms with Gasteiger partial charge in [-0.25, -0.2) is 4.98 Å². The van der Waals surface area contributed by atoms with E-state index in [1.165, 1.54) is 0 Å². The van der Waals surface area contributed by atoms with E-state index >= 15 is 0 Å². The Labute approximate surface area is 106 Å². The van der Waals surface area contributed by atoms with Crippen molar-refractivity contribution in [3.63, 3.8) is 0 Å². The Morgan fingerprint density at radius 3 is 2.56 bits per heavy atom. The molecule has 18 heavy (non-hydrogen) atoms. The number of imidazole rings is 1. The molecule has 5 heteroatoms. The molecule has 1 aromatic heterocycles. The summed E-state index contributed by atoms with van der Waals surface area (Å²) in [5.41, 5.74) is 8.06. The number of benzene rings is 1. The molecule has 5 nitrogen and oxygen atoms in total. The largest absolute Gasteiger partial charge is 0.347 e. The molecule has 0 aliphatic heterocycles. The summed E-state index contributed by atoms with van der Waals surface area (Å²) in [7, 11) is 1.83. The SMILES string of the molecule is Cn1cnc(C(=O)NCc2ccc(CN)cc2)c1. The lowest BCUT2D eigenvalue weighted by Crippen LogP contribution is -2.23. The summed E-state index contributed by atoms with van der Waals surface area (Å²) in [5, 5.41) is 2.82. The van der Waals surface area contributed by atoms with Crippen molar-refractivity contribution in [2.24, 2.45) is 12.8 Å². The molecule has 0 atom stereocenters. The average molecular weight is 244 g/mol. The third kappa shape index (κ3) is 2.95. The second-order valence-electron chi connectivity index (χ2n) is 4.13. The summed E-state index contributed by atoms with van der Waals surface area (Å²) in [6, 6.07) is 7.84. The fourth-order valence-electron chi connectivity index (χ4n) is 1.60. The molecule has 0 spiro atoms. The zero-order valence-corrected chi connectivity index (χ0v) is 10.3. The normalized spacial score (nSPS) is 10.3. The van der Waals surface area contributed by atoms with E-state index in [4.69, 9.17) is 5.73 Å². The molecule has 0 fully saturated rings. The summed E-state index contributed by atoms with van der Waals surface area (Å²) in [6.07, 6.45) is 3.29. The van der Waals surface area contributed by atoms with Gasteiger partial charge >= 0.3 is 0 Å². The number of carbonyl (C=O) groups is 1. The van der Waals surface area contributed by atoms with Gasteiger partial charge in [0.2, 0.25) is 0 Å². The van der Waals surface area contributed by atoms with E-state index in [0.717, 1.165) is 11.1 Å². The van der Waals surface area contributed by atoms with Gasteiger partial charge in [0.05, 0.1) is 6.33 Å².